The van der Waals surface area contributed by atoms with Gasteiger partial charge in [-0.15, -0.1) is 0 Å². The van der Waals surface area contributed by atoms with Crippen molar-refractivity contribution in [2.24, 2.45) is 0 Å². The average molecular weight is 182 g/mol. The summed E-state index contributed by atoms with van der Waals surface area (Å²) < 4.78 is 9.99. The van der Waals surface area contributed by atoms with E-state index in [2.05, 4.69) is 16.6 Å². The molecule has 0 aromatic heterocycles. The number of rotatable bonds is 1. The SMILES string of the molecule is CCOC(=O)C#CC1CCCCO1. The first kappa shape index (κ1) is 10.1. The molecular formula is C10H14O3. The van der Waals surface area contributed by atoms with Gasteiger partial charge in [0.25, 0.3) is 0 Å². The highest BCUT2D eigenvalue weighted by atomic mass is 16.5. The summed E-state index contributed by atoms with van der Waals surface area (Å²) in [7, 11) is 0. The quantitative estimate of drug-likeness (QED) is 0.346. The zero-order valence-corrected chi connectivity index (χ0v) is 7.84. The van der Waals surface area contributed by atoms with Crippen LogP contribution < -0.4 is 0 Å². The zero-order chi connectivity index (χ0) is 9.52. The van der Waals surface area contributed by atoms with Crippen molar-refractivity contribution in [3.63, 3.8) is 0 Å². The third kappa shape index (κ3) is 3.95. The fourth-order valence-electron chi connectivity index (χ4n) is 1.16. The van der Waals surface area contributed by atoms with Crippen LogP contribution in [0.15, 0.2) is 0 Å². The Kier molecular flexibility index (Phi) is 4.34. The molecule has 0 radical (unpaired) electrons. The maximum Gasteiger partial charge on any atom is 0.384 e. The summed E-state index contributed by atoms with van der Waals surface area (Å²) in [4.78, 5) is 10.8. The van der Waals surface area contributed by atoms with Gasteiger partial charge in [-0.25, -0.2) is 4.79 Å². The van der Waals surface area contributed by atoms with Crippen molar-refractivity contribution < 1.29 is 14.3 Å². The molecule has 1 rings (SSSR count). The van der Waals surface area contributed by atoms with Gasteiger partial charge in [0.05, 0.1) is 6.61 Å². The van der Waals surface area contributed by atoms with Crippen molar-refractivity contribution >= 4 is 5.97 Å². The van der Waals surface area contributed by atoms with E-state index in [4.69, 9.17) is 4.74 Å². The van der Waals surface area contributed by atoms with Crippen LogP contribution in [0.1, 0.15) is 26.2 Å². The molecule has 0 aromatic rings. The summed E-state index contributed by atoms with van der Waals surface area (Å²) in [5, 5.41) is 0. The number of esters is 1. The van der Waals surface area contributed by atoms with Crippen LogP contribution >= 0.6 is 0 Å². The fraction of sp³-hybridized carbons (Fsp3) is 0.700. The van der Waals surface area contributed by atoms with E-state index in [1.807, 2.05) is 0 Å². The Hall–Kier alpha value is -1.01. The van der Waals surface area contributed by atoms with Crippen LogP contribution in [0.4, 0.5) is 0 Å². The van der Waals surface area contributed by atoms with E-state index in [0.29, 0.717) is 6.61 Å². The van der Waals surface area contributed by atoms with Crippen LogP contribution in [-0.2, 0) is 14.3 Å². The van der Waals surface area contributed by atoms with Crippen LogP contribution in [0.25, 0.3) is 0 Å². The van der Waals surface area contributed by atoms with Crippen LogP contribution in [0.3, 0.4) is 0 Å². The highest BCUT2D eigenvalue weighted by molar-refractivity contribution is 5.88. The maximum atomic E-state index is 10.8. The van der Waals surface area contributed by atoms with E-state index in [1.54, 1.807) is 6.92 Å². The minimum atomic E-state index is -0.461. The molecule has 13 heavy (non-hydrogen) atoms. The van der Waals surface area contributed by atoms with Crippen molar-refractivity contribution in [2.75, 3.05) is 13.2 Å². The van der Waals surface area contributed by atoms with E-state index in [0.717, 1.165) is 25.9 Å². The van der Waals surface area contributed by atoms with Crippen molar-refractivity contribution in [2.45, 2.75) is 32.3 Å². The summed E-state index contributed by atoms with van der Waals surface area (Å²) in [6.07, 6.45) is 3.07. The van der Waals surface area contributed by atoms with Gasteiger partial charge in [-0.1, -0.05) is 5.92 Å². The van der Waals surface area contributed by atoms with E-state index in [1.165, 1.54) is 0 Å². The lowest BCUT2D eigenvalue weighted by molar-refractivity contribution is -0.136. The van der Waals surface area contributed by atoms with Gasteiger partial charge >= 0.3 is 5.97 Å². The Labute approximate surface area is 78.4 Å². The van der Waals surface area contributed by atoms with Crippen molar-refractivity contribution in [3.8, 4) is 11.8 Å². The van der Waals surface area contributed by atoms with Crippen LogP contribution in [0.2, 0.25) is 0 Å². The molecule has 72 valence electrons. The molecule has 0 aliphatic carbocycles. The van der Waals surface area contributed by atoms with Gasteiger partial charge < -0.3 is 9.47 Å². The summed E-state index contributed by atoms with van der Waals surface area (Å²) in [6, 6.07) is 0. The average Bonchev–Trinajstić information content (AvgIpc) is 2.17. The van der Waals surface area contributed by atoms with Gasteiger partial charge in [0.15, 0.2) is 0 Å². The van der Waals surface area contributed by atoms with Crippen molar-refractivity contribution in [1.82, 2.24) is 0 Å². The van der Waals surface area contributed by atoms with Gasteiger partial charge in [0.1, 0.15) is 6.10 Å². The zero-order valence-electron chi connectivity index (χ0n) is 7.84. The minimum Gasteiger partial charge on any atom is -0.456 e. The summed E-state index contributed by atoms with van der Waals surface area (Å²) in [6.45, 7) is 2.89. The minimum absolute atomic E-state index is 0.0712. The third-order valence-corrected chi connectivity index (χ3v) is 1.79. The maximum absolute atomic E-state index is 10.8. The monoisotopic (exact) mass is 182 g/mol. The van der Waals surface area contributed by atoms with Crippen LogP contribution in [-0.4, -0.2) is 25.3 Å². The highest BCUT2D eigenvalue weighted by Gasteiger charge is 2.10. The third-order valence-electron chi connectivity index (χ3n) is 1.79. The van der Waals surface area contributed by atoms with Gasteiger partial charge in [-0.05, 0) is 26.2 Å². The molecule has 3 heteroatoms. The number of carbonyl (C=O) groups excluding carboxylic acids is 1. The van der Waals surface area contributed by atoms with E-state index in [-0.39, 0.29) is 6.10 Å². The first-order valence-electron chi connectivity index (χ1n) is 4.63. The molecule has 0 bridgehead atoms. The molecule has 1 aliphatic heterocycles. The molecule has 0 amide bonds. The van der Waals surface area contributed by atoms with Crippen molar-refractivity contribution in [1.29, 1.82) is 0 Å². The number of hydrogen-bond donors (Lipinski definition) is 0. The predicted molar refractivity (Wildman–Crippen MR) is 48.0 cm³/mol. The predicted octanol–water partition coefficient (Wildman–Crippen LogP) is 1.12. The van der Waals surface area contributed by atoms with E-state index in [9.17, 15) is 4.79 Å². The van der Waals surface area contributed by atoms with Gasteiger partial charge in [-0.3, -0.25) is 0 Å². The summed E-state index contributed by atoms with van der Waals surface area (Å²) >= 11 is 0. The normalized spacial score (nSPS) is 21.5. The molecular weight excluding hydrogens is 168 g/mol. The Morgan fingerprint density at radius 1 is 1.62 bits per heavy atom. The summed E-state index contributed by atoms with van der Waals surface area (Å²) in [5.41, 5.74) is 0. The molecule has 1 atom stereocenters. The van der Waals surface area contributed by atoms with E-state index < -0.39 is 5.97 Å². The first-order chi connectivity index (χ1) is 6.33. The molecule has 1 fully saturated rings. The standard InChI is InChI=1S/C10H14O3/c1-2-12-10(11)7-6-9-5-3-4-8-13-9/h9H,2-5,8H2,1H3. The highest BCUT2D eigenvalue weighted by Crippen LogP contribution is 2.11. The number of carbonyl (C=O) groups is 1. The second-order valence-corrected chi connectivity index (χ2v) is 2.85. The van der Waals surface area contributed by atoms with Gasteiger partial charge in [-0.2, -0.15) is 0 Å². The van der Waals surface area contributed by atoms with E-state index >= 15 is 0 Å². The summed E-state index contributed by atoms with van der Waals surface area (Å²) in [5.74, 6) is 4.72. The lowest BCUT2D eigenvalue weighted by atomic mass is 10.1. The number of ether oxygens (including phenoxy) is 2. The molecule has 0 saturated carbocycles. The molecule has 1 saturated heterocycles. The molecule has 0 spiro atoms. The van der Waals surface area contributed by atoms with Crippen molar-refractivity contribution in [3.05, 3.63) is 0 Å². The lowest BCUT2D eigenvalue weighted by Crippen LogP contribution is -2.17. The lowest BCUT2D eigenvalue weighted by Gasteiger charge is -2.16. The van der Waals surface area contributed by atoms with Gasteiger partial charge in [0.2, 0.25) is 0 Å². The smallest absolute Gasteiger partial charge is 0.384 e. The Bertz CT molecular complexity index is 218. The molecule has 0 aromatic carbocycles. The molecule has 1 aliphatic rings. The fourth-order valence-corrected chi connectivity index (χ4v) is 1.16. The van der Waals surface area contributed by atoms with Crippen LogP contribution in [0.5, 0.6) is 0 Å². The molecule has 1 unspecified atom stereocenters. The van der Waals surface area contributed by atoms with Gasteiger partial charge in [0, 0.05) is 12.5 Å². The largest absolute Gasteiger partial charge is 0.456 e. The Morgan fingerprint density at radius 3 is 3.08 bits per heavy atom. The molecule has 0 N–H and O–H groups in total. The molecule has 3 nitrogen and oxygen atoms in total. The number of hydrogen-bond acceptors (Lipinski definition) is 3. The second-order valence-electron chi connectivity index (χ2n) is 2.85. The Morgan fingerprint density at radius 2 is 2.46 bits per heavy atom. The topological polar surface area (TPSA) is 35.5 Å². The first-order valence-corrected chi connectivity index (χ1v) is 4.63. The van der Waals surface area contributed by atoms with Crippen LogP contribution in [0, 0.1) is 11.8 Å². The molecule has 1 heterocycles. The second kappa shape index (κ2) is 5.60. The Balaban J connectivity index is 2.31.